The maximum atomic E-state index is 9.97. The van der Waals surface area contributed by atoms with Gasteiger partial charge in [-0.2, -0.15) is 11.8 Å². The third-order valence-electron chi connectivity index (χ3n) is 2.92. The predicted molar refractivity (Wildman–Crippen MR) is 101 cm³/mol. The molecule has 0 radical (unpaired) electrons. The number of rotatable bonds is 7. The molecule has 7 heteroatoms. The summed E-state index contributed by atoms with van der Waals surface area (Å²) in [5.41, 5.74) is 0.985. The molecule has 0 saturated carbocycles. The number of ether oxygens (including phenoxy) is 1. The zero-order chi connectivity index (χ0) is 16.8. The van der Waals surface area contributed by atoms with Crippen molar-refractivity contribution >= 4 is 58.2 Å². The van der Waals surface area contributed by atoms with Gasteiger partial charge in [-0.3, -0.25) is 0 Å². The summed E-state index contributed by atoms with van der Waals surface area (Å²) in [6, 6.07) is 10.4. The van der Waals surface area contributed by atoms with E-state index in [-0.39, 0.29) is 6.61 Å². The smallest absolute Gasteiger partial charge is 0.121 e. The third-order valence-corrected chi connectivity index (χ3v) is 5.38. The highest BCUT2D eigenvalue weighted by atomic mass is 35.5. The molecule has 124 valence electrons. The van der Waals surface area contributed by atoms with Gasteiger partial charge in [0.05, 0.1) is 16.1 Å². The van der Waals surface area contributed by atoms with Gasteiger partial charge < -0.3 is 9.84 Å². The van der Waals surface area contributed by atoms with Crippen molar-refractivity contribution in [2.75, 3.05) is 12.4 Å². The van der Waals surface area contributed by atoms with Crippen LogP contribution in [-0.2, 0) is 5.75 Å². The van der Waals surface area contributed by atoms with Crippen molar-refractivity contribution in [1.82, 2.24) is 0 Å². The largest absolute Gasteiger partial charge is 0.491 e. The standard InChI is InChI=1S/C16H14Cl4O2S/c17-11-2-1-10(15(19)5-11)8-23-9-12(21)7-22-13-3-4-14(18)16(20)6-13/h1-6,12,21H,7-9H2. The molecule has 0 spiro atoms. The molecular weight excluding hydrogens is 398 g/mol. The Labute approximate surface area is 159 Å². The fraction of sp³-hybridized carbons (Fsp3) is 0.250. The molecule has 23 heavy (non-hydrogen) atoms. The van der Waals surface area contributed by atoms with Gasteiger partial charge >= 0.3 is 0 Å². The third kappa shape index (κ3) is 6.26. The Kier molecular flexibility index (Phi) is 7.67. The predicted octanol–water partition coefficient (Wildman–Crippen LogP) is 5.97. The Hall–Kier alpha value is -0.290. The highest BCUT2D eigenvalue weighted by Gasteiger charge is 2.08. The van der Waals surface area contributed by atoms with Gasteiger partial charge in [-0.1, -0.05) is 52.5 Å². The van der Waals surface area contributed by atoms with Gasteiger partial charge in [-0.25, -0.2) is 0 Å². The summed E-state index contributed by atoms with van der Waals surface area (Å²) in [6.07, 6.45) is -0.597. The highest BCUT2D eigenvalue weighted by Crippen LogP contribution is 2.27. The number of aliphatic hydroxyl groups is 1. The van der Waals surface area contributed by atoms with Crippen molar-refractivity contribution in [1.29, 1.82) is 0 Å². The second-order valence-electron chi connectivity index (χ2n) is 4.79. The molecule has 2 nitrogen and oxygen atoms in total. The van der Waals surface area contributed by atoms with Crippen LogP contribution in [-0.4, -0.2) is 23.6 Å². The van der Waals surface area contributed by atoms with E-state index < -0.39 is 6.10 Å². The van der Waals surface area contributed by atoms with Gasteiger partial charge in [-0.15, -0.1) is 0 Å². The molecule has 2 aromatic rings. The molecule has 0 aromatic heterocycles. The Morgan fingerprint density at radius 3 is 2.43 bits per heavy atom. The normalized spacial score (nSPS) is 12.2. The van der Waals surface area contributed by atoms with Crippen LogP contribution in [0, 0.1) is 0 Å². The van der Waals surface area contributed by atoms with Crippen molar-refractivity contribution in [3.05, 3.63) is 62.1 Å². The average Bonchev–Trinajstić information content (AvgIpc) is 2.50. The molecule has 0 amide bonds. The Balaban J connectivity index is 1.74. The Morgan fingerprint density at radius 1 is 0.957 bits per heavy atom. The lowest BCUT2D eigenvalue weighted by Gasteiger charge is -2.13. The zero-order valence-corrected chi connectivity index (χ0v) is 15.8. The van der Waals surface area contributed by atoms with E-state index in [1.54, 1.807) is 42.1 Å². The number of thioether (sulfide) groups is 1. The molecule has 0 bridgehead atoms. The van der Waals surface area contributed by atoms with Crippen molar-refractivity contribution < 1.29 is 9.84 Å². The first-order valence-electron chi connectivity index (χ1n) is 6.73. The van der Waals surface area contributed by atoms with E-state index in [2.05, 4.69) is 0 Å². The summed E-state index contributed by atoms with van der Waals surface area (Å²) in [4.78, 5) is 0. The summed E-state index contributed by atoms with van der Waals surface area (Å²) in [5, 5.41) is 12.1. The lowest BCUT2D eigenvalue weighted by molar-refractivity contribution is 0.126. The monoisotopic (exact) mass is 410 g/mol. The zero-order valence-electron chi connectivity index (χ0n) is 11.9. The summed E-state index contributed by atoms with van der Waals surface area (Å²) in [6.45, 7) is 0.180. The number of benzene rings is 2. The lowest BCUT2D eigenvalue weighted by Crippen LogP contribution is -2.20. The minimum absolute atomic E-state index is 0.180. The second kappa shape index (κ2) is 9.26. The highest BCUT2D eigenvalue weighted by molar-refractivity contribution is 7.98. The van der Waals surface area contributed by atoms with E-state index >= 15 is 0 Å². The van der Waals surface area contributed by atoms with Gasteiger partial charge in [0.1, 0.15) is 12.4 Å². The van der Waals surface area contributed by atoms with Crippen LogP contribution < -0.4 is 4.74 Å². The van der Waals surface area contributed by atoms with Crippen molar-refractivity contribution in [2.45, 2.75) is 11.9 Å². The van der Waals surface area contributed by atoms with E-state index in [1.165, 1.54) is 0 Å². The summed E-state index contributed by atoms with van der Waals surface area (Å²) >= 11 is 25.3. The van der Waals surface area contributed by atoms with Crippen LogP contribution in [0.3, 0.4) is 0 Å². The molecule has 2 aromatic carbocycles. The van der Waals surface area contributed by atoms with Crippen molar-refractivity contribution in [2.24, 2.45) is 0 Å². The van der Waals surface area contributed by atoms with E-state index in [4.69, 9.17) is 51.1 Å². The van der Waals surface area contributed by atoms with E-state index in [1.807, 2.05) is 6.07 Å². The summed E-state index contributed by atoms with van der Waals surface area (Å²) in [5.74, 6) is 1.80. The number of aliphatic hydroxyl groups excluding tert-OH is 1. The lowest BCUT2D eigenvalue weighted by atomic mass is 10.2. The quantitative estimate of drug-likeness (QED) is 0.608. The van der Waals surface area contributed by atoms with E-state index in [0.29, 0.717) is 37.3 Å². The molecule has 1 N–H and O–H groups in total. The summed E-state index contributed by atoms with van der Waals surface area (Å²) in [7, 11) is 0. The molecule has 0 aliphatic carbocycles. The van der Waals surface area contributed by atoms with Crippen LogP contribution in [0.2, 0.25) is 20.1 Å². The number of hydrogen-bond acceptors (Lipinski definition) is 3. The molecule has 0 aliphatic heterocycles. The van der Waals surface area contributed by atoms with Crippen LogP contribution in [0.1, 0.15) is 5.56 Å². The Bertz CT molecular complexity index is 667. The van der Waals surface area contributed by atoms with E-state index in [9.17, 15) is 5.11 Å². The topological polar surface area (TPSA) is 29.5 Å². The minimum Gasteiger partial charge on any atom is -0.491 e. The molecule has 0 aliphatic rings. The second-order valence-corrected chi connectivity index (χ2v) is 7.48. The fourth-order valence-electron chi connectivity index (χ4n) is 1.75. The average molecular weight is 412 g/mol. The van der Waals surface area contributed by atoms with Gasteiger partial charge in [0, 0.05) is 27.6 Å². The molecule has 1 unspecified atom stereocenters. The molecule has 1 atom stereocenters. The molecule has 0 saturated heterocycles. The molecule has 2 rings (SSSR count). The molecular formula is C16H14Cl4O2S. The van der Waals surface area contributed by atoms with Crippen LogP contribution >= 0.6 is 58.2 Å². The minimum atomic E-state index is -0.597. The van der Waals surface area contributed by atoms with Gasteiger partial charge in [0.15, 0.2) is 0 Å². The van der Waals surface area contributed by atoms with Crippen LogP contribution in [0.4, 0.5) is 0 Å². The number of halogens is 4. The Morgan fingerprint density at radius 2 is 1.74 bits per heavy atom. The van der Waals surface area contributed by atoms with Gasteiger partial charge in [0.2, 0.25) is 0 Å². The fourth-order valence-corrected chi connectivity index (χ4v) is 3.55. The first kappa shape index (κ1) is 19.0. The maximum absolute atomic E-state index is 9.97. The first-order valence-corrected chi connectivity index (χ1v) is 9.40. The van der Waals surface area contributed by atoms with Crippen LogP contribution in [0.5, 0.6) is 5.75 Å². The first-order chi connectivity index (χ1) is 11.0. The SMILES string of the molecule is OC(COc1ccc(Cl)c(Cl)c1)CSCc1ccc(Cl)cc1Cl. The van der Waals surface area contributed by atoms with Gasteiger partial charge in [-0.05, 0) is 29.8 Å². The number of hydrogen-bond donors (Lipinski definition) is 1. The van der Waals surface area contributed by atoms with Crippen molar-refractivity contribution in [3.63, 3.8) is 0 Å². The molecule has 0 heterocycles. The molecule has 0 fully saturated rings. The summed E-state index contributed by atoms with van der Waals surface area (Å²) < 4.78 is 5.50. The van der Waals surface area contributed by atoms with Gasteiger partial charge in [0.25, 0.3) is 0 Å². The van der Waals surface area contributed by atoms with Crippen molar-refractivity contribution in [3.8, 4) is 5.75 Å². The maximum Gasteiger partial charge on any atom is 0.121 e. The van der Waals surface area contributed by atoms with Crippen LogP contribution in [0.15, 0.2) is 36.4 Å². The van der Waals surface area contributed by atoms with E-state index in [0.717, 1.165) is 5.56 Å². The van der Waals surface area contributed by atoms with Crippen LogP contribution in [0.25, 0.3) is 0 Å².